The van der Waals surface area contributed by atoms with Crippen LogP contribution in [0.25, 0.3) is 0 Å². The molecule has 0 aromatic heterocycles. The van der Waals surface area contributed by atoms with E-state index >= 15 is 0 Å². The fraction of sp³-hybridized carbons (Fsp3) is 0.294. The van der Waals surface area contributed by atoms with E-state index in [0.717, 1.165) is 12.1 Å². The highest BCUT2D eigenvalue weighted by Crippen LogP contribution is 2.27. The Bertz CT molecular complexity index is 581. The maximum atomic E-state index is 13.5. The summed E-state index contributed by atoms with van der Waals surface area (Å²) in [6.07, 6.45) is 2.33. The molecule has 2 aromatic carbocycles. The molecule has 3 rings (SSSR count). The molecule has 0 saturated heterocycles. The molecule has 0 heterocycles. The molecule has 1 fully saturated rings. The Morgan fingerprint density at radius 1 is 1.19 bits per heavy atom. The molecule has 0 spiro atoms. The lowest BCUT2D eigenvalue weighted by Crippen LogP contribution is -2.26. The molecule has 1 aliphatic carbocycles. The molecular formula is C17H17BrFNO. The number of rotatable bonds is 6. The highest BCUT2D eigenvalue weighted by Gasteiger charge is 2.23. The first kappa shape index (κ1) is 14.5. The predicted molar refractivity (Wildman–Crippen MR) is 84.9 cm³/mol. The lowest BCUT2D eigenvalue weighted by molar-refractivity contribution is 0.200. The fourth-order valence-corrected chi connectivity index (χ4v) is 2.66. The van der Waals surface area contributed by atoms with Crippen LogP contribution in [0.5, 0.6) is 5.75 Å². The average Bonchev–Trinajstić information content (AvgIpc) is 3.27. The first-order valence-electron chi connectivity index (χ1n) is 7.12. The van der Waals surface area contributed by atoms with Gasteiger partial charge in [0.1, 0.15) is 17.7 Å². The second kappa shape index (κ2) is 6.58. The monoisotopic (exact) mass is 349 g/mol. The van der Waals surface area contributed by atoms with Crippen molar-refractivity contribution in [3.05, 3.63) is 64.4 Å². The molecule has 1 unspecified atom stereocenters. The minimum absolute atomic E-state index is 0.125. The van der Waals surface area contributed by atoms with E-state index in [-0.39, 0.29) is 11.9 Å². The number of ether oxygens (including phenoxy) is 1. The summed E-state index contributed by atoms with van der Waals surface area (Å²) >= 11 is 3.30. The fourth-order valence-electron chi connectivity index (χ4n) is 2.22. The van der Waals surface area contributed by atoms with E-state index in [1.54, 1.807) is 6.07 Å². The molecule has 0 amide bonds. The Labute approximate surface area is 132 Å². The van der Waals surface area contributed by atoms with Crippen molar-refractivity contribution in [1.29, 1.82) is 0 Å². The van der Waals surface area contributed by atoms with E-state index in [4.69, 9.17) is 4.74 Å². The molecule has 21 heavy (non-hydrogen) atoms. The van der Waals surface area contributed by atoms with Gasteiger partial charge in [-0.3, -0.25) is 0 Å². The smallest absolute Gasteiger partial charge is 0.136 e. The minimum atomic E-state index is -0.304. The zero-order valence-electron chi connectivity index (χ0n) is 11.6. The predicted octanol–water partition coefficient (Wildman–Crippen LogP) is 4.46. The summed E-state index contributed by atoms with van der Waals surface area (Å²) in [4.78, 5) is 0. The third-order valence-electron chi connectivity index (χ3n) is 3.46. The van der Waals surface area contributed by atoms with Gasteiger partial charge in [-0.15, -0.1) is 0 Å². The van der Waals surface area contributed by atoms with E-state index in [0.29, 0.717) is 16.3 Å². The summed E-state index contributed by atoms with van der Waals surface area (Å²) in [6, 6.07) is 15.3. The molecule has 0 radical (unpaired) electrons. The first-order chi connectivity index (χ1) is 10.2. The van der Waals surface area contributed by atoms with Crippen LogP contribution in [0.15, 0.2) is 53.0 Å². The number of nitrogens with one attached hydrogen (secondary N) is 1. The second-order valence-corrected chi connectivity index (χ2v) is 6.22. The number of halogens is 2. The van der Waals surface area contributed by atoms with Gasteiger partial charge in [0.25, 0.3) is 0 Å². The van der Waals surface area contributed by atoms with Crippen molar-refractivity contribution >= 4 is 15.9 Å². The van der Waals surface area contributed by atoms with Crippen molar-refractivity contribution in [2.75, 3.05) is 6.54 Å². The molecule has 2 aromatic rings. The summed E-state index contributed by atoms with van der Waals surface area (Å²) in [7, 11) is 0. The molecular weight excluding hydrogens is 333 g/mol. The Balaban J connectivity index is 1.77. The van der Waals surface area contributed by atoms with Crippen molar-refractivity contribution in [1.82, 2.24) is 5.32 Å². The van der Waals surface area contributed by atoms with Gasteiger partial charge in [-0.25, -0.2) is 4.39 Å². The van der Waals surface area contributed by atoms with Gasteiger partial charge in [0.05, 0.1) is 0 Å². The van der Waals surface area contributed by atoms with Crippen LogP contribution in [0.4, 0.5) is 4.39 Å². The van der Waals surface area contributed by atoms with Gasteiger partial charge in [0, 0.05) is 23.1 Å². The van der Waals surface area contributed by atoms with Crippen LogP contribution in [0.1, 0.15) is 24.5 Å². The molecule has 110 valence electrons. The third-order valence-corrected chi connectivity index (χ3v) is 3.91. The zero-order valence-corrected chi connectivity index (χ0v) is 13.1. The van der Waals surface area contributed by atoms with Crippen LogP contribution < -0.4 is 10.1 Å². The molecule has 1 atom stereocenters. The van der Waals surface area contributed by atoms with Crippen molar-refractivity contribution in [3.8, 4) is 5.75 Å². The minimum Gasteiger partial charge on any atom is -0.484 e. The van der Waals surface area contributed by atoms with Crippen LogP contribution in [0.2, 0.25) is 0 Å². The van der Waals surface area contributed by atoms with Gasteiger partial charge in [0.2, 0.25) is 0 Å². The Kier molecular flexibility index (Phi) is 4.56. The lowest BCUT2D eigenvalue weighted by atomic mass is 10.1. The SMILES string of the molecule is Fc1cc(Br)cc(OC(CNC2CC2)c2ccccc2)c1. The van der Waals surface area contributed by atoms with Crippen LogP contribution in [0, 0.1) is 5.82 Å². The van der Waals surface area contributed by atoms with Gasteiger partial charge in [-0.1, -0.05) is 46.3 Å². The number of benzene rings is 2. The third kappa shape index (κ3) is 4.29. The first-order valence-corrected chi connectivity index (χ1v) is 7.91. The van der Waals surface area contributed by atoms with E-state index in [9.17, 15) is 4.39 Å². The van der Waals surface area contributed by atoms with Crippen molar-refractivity contribution in [2.45, 2.75) is 25.0 Å². The van der Waals surface area contributed by atoms with Crippen molar-refractivity contribution in [2.24, 2.45) is 0 Å². The van der Waals surface area contributed by atoms with E-state index in [1.165, 1.54) is 25.0 Å². The number of hydrogen-bond acceptors (Lipinski definition) is 2. The molecule has 0 bridgehead atoms. The second-order valence-electron chi connectivity index (χ2n) is 5.30. The Hall–Kier alpha value is -1.39. The van der Waals surface area contributed by atoms with Crippen molar-refractivity contribution < 1.29 is 9.13 Å². The molecule has 0 aliphatic heterocycles. The maximum Gasteiger partial charge on any atom is 0.136 e. The van der Waals surface area contributed by atoms with Crippen molar-refractivity contribution in [3.63, 3.8) is 0 Å². The zero-order chi connectivity index (χ0) is 14.7. The van der Waals surface area contributed by atoms with Crippen LogP contribution in [-0.4, -0.2) is 12.6 Å². The van der Waals surface area contributed by atoms with E-state index in [2.05, 4.69) is 21.2 Å². The molecule has 1 aliphatic rings. The van der Waals surface area contributed by atoms with Gasteiger partial charge >= 0.3 is 0 Å². The summed E-state index contributed by atoms with van der Waals surface area (Å²) in [5, 5.41) is 3.47. The average molecular weight is 350 g/mol. The van der Waals surface area contributed by atoms with Gasteiger partial charge in [0.15, 0.2) is 0 Å². The molecule has 1 saturated carbocycles. The quantitative estimate of drug-likeness (QED) is 0.831. The van der Waals surface area contributed by atoms with E-state index < -0.39 is 0 Å². The maximum absolute atomic E-state index is 13.5. The summed E-state index contributed by atoms with van der Waals surface area (Å²) < 4.78 is 20.2. The molecule has 1 N–H and O–H groups in total. The molecule has 4 heteroatoms. The summed E-state index contributed by atoms with van der Waals surface area (Å²) in [5.41, 5.74) is 1.09. The largest absolute Gasteiger partial charge is 0.484 e. The number of hydrogen-bond donors (Lipinski definition) is 1. The standard InChI is InChI=1S/C17H17BrFNO/c18-13-8-14(19)10-16(9-13)21-17(11-20-15-6-7-15)12-4-2-1-3-5-12/h1-5,8-10,15,17,20H,6-7,11H2. The normalized spacial score (nSPS) is 15.7. The Morgan fingerprint density at radius 3 is 2.62 bits per heavy atom. The van der Waals surface area contributed by atoms with E-state index in [1.807, 2.05) is 30.3 Å². The lowest BCUT2D eigenvalue weighted by Gasteiger charge is -2.20. The topological polar surface area (TPSA) is 21.3 Å². The van der Waals surface area contributed by atoms with Crippen LogP contribution in [0.3, 0.4) is 0 Å². The molecule has 2 nitrogen and oxygen atoms in total. The Morgan fingerprint density at radius 2 is 1.95 bits per heavy atom. The van der Waals surface area contributed by atoms with Gasteiger partial charge < -0.3 is 10.1 Å². The highest BCUT2D eigenvalue weighted by molar-refractivity contribution is 9.10. The summed E-state index contributed by atoms with van der Waals surface area (Å²) in [6.45, 7) is 0.725. The summed E-state index contributed by atoms with van der Waals surface area (Å²) in [5.74, 6) is 0.231. The van der Waals surface area contributed by atoms with Crippen LogP contribution >= 0.6 is 15.9 Å². The highest BCUT2D eigenvalue weighted by atomic mass is 79.9. The van der Waals surface area contributed by atoms with Crippen LogP contribution in [-0.2, 0) is 0 Å². The van der Waals surface area contributed by atoms with Gasteiger partial charge in [-0.05, 0) is 30.5 Å². The van der Waals surface area contributed by atoms with Gasteiger partial charge in [-0.2, -0.15) is 0 Å².